The van der Waals surface area contributed by atoms with Gasteiger partial charge < -0.3 is 9.64 Å². The van der Waals surface area contributed by atoms with Crippen LogP contribution in [0.3, 0.4) is 0 Å². The van der Waals surface area contributed by atoms with Gasteiger partial charge in [0.15, 0.2) is 5.69 Å². The van der Waals surface area contributed by atoms with E-state index < -0.39 is 0 Å². The summed E-state index contributed by atoms with van der Waals surface area (Å²) in [4.78, 5) is 17.2. The Morgan fingerprint density at radius 1 is 1.23 bits per heavy atom. The first-order chi connectivity index (χ1) is 10.6. The Hall–Kier alpha value is -1.69. The molecule has 1 aromatic heterocycles. The van der Waals surface area contributed by atoms with Crippen molar-refractivity contribution in [2.75, 3.05) is 20.2 Å². The molecule has 2 bridgehead atoms. The van der Waals surface area contributed by atoms with Crippen LogP contribution in [0.15, 0.2) is 12.1 Å². The number of fused-ring (bicyclic) bond motifs is 2. The first kappa shape index (κ1) is 15.2. The summed E-state index contributed by atoms with van der Waals surface area (Å²) < 4.78 is 4.99. The zero-order chi connectivity index (χ0) is 15.7. The highest BCUT2D eigenvalue weighted by Gasteiger charge is 2.39. The topological polar surface area (TPSA) is 58.6 Å². The highest BCUT2D eigenvalue weighted by Crippen LogP contribution is 2.32. The molecular formula is C16H24N4O2. The highest BCUT2D eigenvalue weighted by molar-refractivity contribution is 5.92. The standard InChI is InChI=1S/C16H24N4O2/c1-11(2)20-12-4-5-13(20)10-19(9-8-12)16(21)14-6-7-15(22-3)18-17-14/h6-7,11-13H,4-5,8-10H2,1-3H3/t12-,13-/m0/s1. The second-order valence-electron chi connectivity index (χ2n) is 6.43. The number of carbonyl (C=O) groups is 1. The zero-order valence-electron chi connectivity index (χ0n) is 13.5. The van der Waals surface area contributed by atoms with Crippen molar-refractivity contribution in [1.82, 2.24) is 20.0 Å². The van der Waals surface area contributed by atoms with E-state index in [4.69, 9.17) is 4.74 Å². The summed E-state index contributed by atoms with van der Waals surface area (Å²) in [5.74, 6) is 0.406. The van der Waals surface area contributed by atoms with Gasteiger partial charge in [0.05, 0.1) is 7.11 Å². The summed E-state index contributed by atoms with van der Waals surface area (Å²) in [6.07, 6.45) is 3.48. The molecule has 2 atom stereocenters. The Morgan fingerprint density at radius 3 is 2.64 bits per heavy atom. The number of hydrogen-bond donors (Lipinski definition) is 0. The Morgan fingerprint density at radius 2 is 2.00 bits per heavy atom. The fourth-order valence-corrected chi connectivity index (χ4v) is 3.84. The average molecular weight is 304 g/mol. The van der Waals surface area contributed by atoms with Crippen molar-refractivity contribution in [1.29, 1.82) is 0 Å². The fraction of sp³-hybridized carbons (Fsp3) is 0.688. The second kappa shape index (κ2) is 6.20. The lowest BCUT2D eigenvalue weighted by Gasteiger charge is -2.32. The fourth-order valence-electron chi connectivity index (χ4n) is 3.84. The third-order valence-electron chi connectivity index (χ3n) is 4.79. The lowest BCUT2D eigenvalue weighted by atomic mass is 10.1. The van der Waals surface area contributed by atoms with Gasteiger partial charge in [0, 0.05) is 37.3 Å². The lowest BCUT2D eigenvalue weighted by molar-refractivity contribution is 0.0721. The summed E-state index contributed by atoms with van der Waals surface area (Å²) >= 11 is 0. The van der Waals surface area contributed by atoms with Gasteiger partial charge in [-0.3, -0.25) is 9.69 Å². The Labute approximate surface area is 131 Å². The van der Waals surface area contributed by atoms with Crippen LogP contribution in [-0.2, 0) is 0 Å². The number of ether oxygens (including phenoxy) is 1. The minimum Gasteiger partial charge on any atom is -0.480 e. The molecule has 0 aliphatic carbocycles. The number of likely N-dealkylation sites (tertiary alicyclic amines) is 1. The minimum absolute atomic E-state index is 0.0218. The van der Waals surface area contributed by atoms with Crippen molar-refractivity contribution in [3.05, 3.63) is 17.8 Å². The first-order valence-corrected chi connectivity index (χ1v) is 8.04. The van der Waals surface area contributed by atoms with Crippen molar-refractivity contribution in [2.45, 2.75) is 51.2 Å². The van der Waals surface area contributed by atoms with E-state index in [0.29, 0.717) is 29.7 Å². The van der Waals surface area contributed by atoms with Gasteiger partial charge in [0.1, 0.15) is 0 Å². The van der Waals surface area contributed by atoms with Crippen molar-refractivity contribution >= 4 is 5.91 Å². The third-order valence-corrected chi connectivity index (χ3v) is 4.79. The summed E-state index contributed by atoms with van der Waals surface area (Å²) in [6.45, 7) is 6.09. The largest absolute Gasteiger partial charge is 0.480 e. The molecule has 3 rings (SSSR count). The van der Waals surface area contributed by atoms with E-state index in [1.54, 1.807) is 12.1 Å². The van der Waals surface area contributed by atoms with Crippen LogP contribution < -0.4 is 4.74 Å². The third kappa shape index (κ3) is 2.79. The van der Waals surface area contributed by atoms with Gasteiger partial charge in [-0.15, -0.1) is 10.2 Å². The molecule has 6 nitrogen and oxygen atoms in total. The van der Waals surface area contributed by atoms with Gasteiger partial charge >= 0.3 is 0 Å². The van der Waals surface area contributed by atoms with Crippen molar-refractivity contribution in [3.8, 4) is 5.88 Å². The Kier molecular flexibility index (Phi) is 4.29. The number of hydrogen-bond acceptors (Lipinski definition) is 5. The zero-order valence-corrected chi connectivity index (χ0v) is 13.5. The molecule has 0 aromatic carbocycles. The summed E-state index contributed by atoms with van der Waals surface area (Å²) in [7, 11) is 1.54. The molecule has 1 amide bonds. The smallest absolute Gasteiger partial charge is 0.274 e. The predicted octanol–water partition coefficient (Wildman–Crippen LogP) is 1.57. The second-order valence-corrected chi connectivity index (χ2v) is 6.43. The van der Waals surface area contributed by atoms with Crippen molar-refractivity contribution in [3.63, 3.8) is 0 Å². The molecule has 0 N–H and O–H groups in total. The van der Waals surface area contributed by atoms with E-state index >= 15 is 0 Å². The van der Waals surface area contributed by atoms with Crippen molar-refractivity contribution in [2.24, 2.45) is 0 Å². The van der Waals surface area contributed by atoms with Crippen LogP contribution in [0, 0.1) is 0 Å². The quantitative estimate of drug-likeness (QED) is 0.848. The minimum atomic E-state index is -0.0218. The van der Waals surface area contributed by atoms with Crippen LogP contribution in [0.1, 0.15) is 43.6 Å². The summed E-state index contributed by atoms with van der Waals surface area (Å²) in [5.41, 5.74) is 0.398. The Balaban J connectivity index is 1.73. The van der Waals surface area contributed by atoms with E-state index in [9.17, 15) is 4.79 Å². The number of aromatic nitrogens is 2. The van der Waals surface area contributed by atoms with E-state index in [-0.39, 0.29) is 5.91 Å². The van der Waals surface area contributed by atoms with E-state index in [1.165, 1.54) is 20.0 Å². The molecule has 120 valence electrons. The molecular weight excluding hydrogens is 280 g/mol. The number of carbonyl (C=O) groups excluding carboxylic acids is 1. The van der Waals surface area contributed by atoms with Crippen LogP contribution in [0.4, 0.5) is 0 Å². The normalized spacial score (nSPS) is 25.4. The van der Waals surface area contributed by atoms with Crippen LogP contribution in [0.2, 0.25) is 0 Å². The number of nitrogens with zero attached hydrogens (tertiary/aromatic N) is 4. The molecule has 0 unspecified atom stereocenters. The molecule has 22 heavy (non-hydrogen) atoms. The monoisotopic (exact) mass is 304 g/mol. The number of methoxy groups -OCH3 is 1. The van der Waals surface area contributed by atoms with Crippen molar-refractivity contribution < 1.29 is 9.53 Å². The molecule has 0 spiro atoms. The van der Waals surface area contributed by atoms with Gasteiger partial charge in [-0.1, -0.05) is 0 Å². The molecule has 2 saturated heterocycles. The molecule has 6 heteroatoms. The van der Waals surface area contributed by atoms with E-state index in [1.807, 2.05) is 4.90 Å². The van der Waals surface area contributed by atoms with E-state index in [2.05, 4.69) is 28.9 Å². The maximum Gasteiger partial charge on any atom is 0.274 e. The van der Waals surface area contributed by atoms with Crippen LogP contribution in [0.25, 0.3) is 0 Å². The maximum absolute atomic E-state index is 12.7. The van der Waals surface area contributed by atoms with Gasteiger partial charge in [-0.05, 0) is 39.2 Å². The molecule has 2 fully saturated rings. The molecule has 2 aliphatic rings. The average Bonchev–Trinajstić information content (AvgIpc) is 2.81. The van der Waals surface area contributed by atoms with Crippen LogP contribution in [0.5, 0.6) is 5.88 Å². The predicted molar refractivity (Wildman–Crippen MR) is 82.9 cm³/mol. The highest BCUT2D eigenvalue weighted by atomic mass is 16.5. The summed E-state index contributed by atoms with van der Waals surface area (Å²) in [6, 6.07) is 5.00. The van der Waals surface area contributed by atoms with Crippen LogP contribution in [-0.4, -0.2) is 64.2 Å². The molecule has 3 heterocycles. The van der Waals surface area contributed by atoms with Gasteiger partial charge in [0.2, 0.25) is 5.88 Å². The number of rotatable bonds is 3. The maximum atomic E-state index is 12.7. The van der Waals surface area contributed by atoms with E-state index in [0.717, 1.165) is 19.5 Å². The molecule has 0 saturated carbocycles. The molecule has 1 aromatic rings. The Bertz CT molecular complexity index is 531. The number of amides is 1. The summed E-state index contributed by atoms with van der Waals surface area (Å²) in [5, 5.41) is 7.89. The first-order valence-electron chi connectivity index (χ1n) is 8.04. The molecule has 2 aliphatic heterocycles. The van der Waals surface area contributed by atoms with Crippen LogP contribution >= 0.6 is 0 Å². The molecule has 0 radical (unpaired) electrons. The SMILES string of the molecule is COc1ccc(C(=O)N2CC[C@@H]3CC[C@@H](C2)N3C(C)C)nn1. The van der Waals surface area contributed by atoms with Gasteiger partial charge in [-0.2, -0.15) is 0 Å². The van der Waals surface area contributed by atoms with Gasteiger partial charge in [-0.25, -0.2) is 0 Å². The lowest BCUT2D eigenvalue weighted by Crippen LogP contribution is -2.44. The van der Waals surface area contributed by atoms with Gasteiger partial charge in [0.25, 0.3) is 5.91 Å².